The van der Waals surface area contributed by atoms with Crippen molar-refractivity contribution in [3.05, 3.63) is 24.2 Å². The van der Waals surface area contributed by atoms with E-state index in [0.717, 1.165) is 12.0 Å². The van der Waals surface area contributed by atoms with Crippen LogP contribution in [0.5, 0.6) is 0 Å². The summed E-state index contributed by atoms with van der Waals surface area (Å²) in [7, 11) is -3.27. The largest absolute Gasteiger partial charge is 0.468 e. The fraction of sp³-hybridized carbons (Fsp3) is 0.444. The molecule has 2 N–H and O–H groups in total. The van der Waals surface area contributed by atoms with E-state index in [1.54, 1.807) is 6.26 Å². The van der Waals surface area contributed by atoms with Gasteiger partial charge in [0.1, 0.15) is 5.76 Å². The van der Waals surface area contributed by atoms with Crippen molar-refractivity contribution in [2.45, 2.75) is 6.54 Å². The summed E-state index contributed by atoms with van der Waals surface area (Å²) in [5.41, 5.74) is 0. The summed E-state index contributed by atoms with van der Waals surface area (Å²) in [4.78, 5) is 6.05. The minimum Gasteiger partial charge on any atom is -0.468 e. The minimum absolute atomic E-state index is 0.281. The lowest BCUT2D eigenvalue weighted by Crippen LogP contribution is -2.49. The molecular weight excluding hydrogens is 244 g/mol. The Morgan fingerprint density at radius 1 is 1.65 bits per heavy atom. The van der Waals surface area contributed by atoms with Crippen molar-refractivity contribution >= 4 is 16.0 Å². The summed E-state index contributed by atoms with van der Waals surface area (Å²) in [5, 5.41) is 2.88. The molecule has 1 aliphatic heterocycles. The number of furan rings is 1. The predicted molar refractivity (Wildman–Crippen MR) is 62.5 cm³/mol. The smallest absolute Gasteiger partial charge is 0.232 e. The molecule has 1 aromatic heterocycles. The van der Waals surface area contributed by atoms with E-state index in [2.05, 4.69) is 15.0 Å². The van der Waals surface area contributed by atoms with Gasteiger partial charge in [-0.05, 0) is 12.1 Å². The maximum absolute atomic E-state index is 11.0. The molecule has 0 fully saturated rings. The van der Waals surface area contributed by atoms with Gasteiger partial charge in [-0.2, -0.15) is 0 Å². The maximum Gasteiger partial charge on any atom is 0.232 e. The van der Waals surface area contributed by atoms with Crippen molar-refractivity contribution in [3.8, 4) is 0 Å². The quantitative estimate of drug-likeness (QED) is 0.763. The lowest BCUT2D eigenvalue weighted by Gasteiger charge is -2.25. The normalized spacial score (nSPS) is 17.4. The summed E-state index contributed by atoms with van der Waals surface area (Å²) in [6, 6.07) is 3.71. The van der Waals surface area contributed by atoms with Crippen LogP contribution in [-0.4, -0.2) is 38.9 Å². The molecule has 0 unspecified atom stereocenters. The van der Waals surface area contributed by atoms with Crippen LogP contribution in [0.1, 0.15) is 5.76 Å². The summed E-state index contributed by atoms with van der Waals surface area (Å²) < 4.78 is 29.5. The summed E-state index contributed by atoms with van der Waals surface area (Å²) >= 11 is 0. The van der Waals surface area contributed by atoms with Crippen LogP contribution in [0.15, 0.2) is 27.8 Å². The summed E-state index contributed by atoms with van der Waals surface area (Å²) in [6.07, 6.45) is 2.71. The molecule has 1 aliphatic rings. The van der Waals surface area contributed by atoms with Gasteiger partial charge in [0.05, 0.1) is 32.4 Å². The number of hydrogen-bond donors (Lipinski definition) is 2. The number of aliphatic imine (C=N–C) groups is 1. The predicted octanol–water partition coefficient (Wildman–Crippen LogP) is -0.495. The zero-order valence-electron chi connectivity index (χ0n) is 9.38. The SMILES string of the molecule is CS(=O)(=O)NC1=NCN(Cc2ccco2)CN1. The van der Waals surface area contributed by atoms with Gasteiger partial charge in [-0.15, -0.1) is 0 Å². The van der Waals surface area contributed by atoms with E-state index in [0.29, 0.717) is 19.9 Å². The van der Waals surface area contributed by atoms with Crippen molar-refractivity contribution in [1.29, 1.82) is 0 Å². The number of rotatable bonds is 3. The third-order valence-electron chi connectivity index (χ3n) is 2.14. The fourth-order valence-corrected chi connectivity index (χ4v) is 1.92. The maximum atomic E-state index is 11.0. The number of nitrogens with one attached hydrogen (secondary N) is 2. The van der Waals surface area contributed by atoms with Gasteiger partial charge in [-0.1, -0.05) is 0 Å². The standard InChI is InChI=1S/C9H14N4O3S/c1-17(14,15)12-9-10-6-13(7-11-9)5-8-3-2-4-16-8/h2-4H,5-7H2,1H3,(H2,10,11,12). The average Bonchev–Trinajstić information content (AvgIpc) is 2.71. The van der Waals surface area contributed by atoms with Gasteiger partial charge in [-0.3, -0.25) is 9.62 Å². The van der Waals surface area contributed by atoms with Crippen LogP contribution in [0, 0.1) is 0 Å². The molecule has 2 heterocycles. The van der Waals surface area contributed by atoms with Crippen LogP contribution in [0.3, 0.4) is 0 Å². The van der Waals surface area contributed by atoms with Gasteiger partial charge in [0.15, 0.2) is 0 Å². The van der Waals surface area contributed by atoms with Crippen molar-refractivity contribution in [2.24, 2.45) is 4.99 Å². The number of guanidine groups is 1. The molecule has 0 atom stereocenters. The van der Waals surface area contributed by atoms with Crippen LogP contribution < -0.4 is 10.0 Å². The first-order valence-corrected chi connectivity index (χ1v) is 6.93. The van der Waals surface area contributed by atoms with Crippen molar-refractivity contribution < 1.29 is 12.8 Å². The van der Waals surface area contributed by atoms with E-state index in [9.17, 15) is 8.42 Å². The minimum atomic E-state index is -3.27. The van der Waals surface area contributed by atoms with E-state index in [4.69, 9.17) is 4.42 Å². The number of hydrogen-bond acceptors (Lipinski definition) is 6. The molecular formula is C9H14N4O3S. The van der Waals surface area contributed by atoms with Crippen LogP contribution in [0.25, 0.3) is 0 Å². The van der Waals surface area contributed by atoms with E-state index in [1.807, 2.05) is 17.0 Å². The number of nitrogens with zero attached hydrogens (tertiary/aromatic N) is 2. The molecule has 0 aliphatic carbocycles. The lowest BCUT2D eigenvalue weighted by molar-refractivity contribution is 0.235. The molecule has 1 aromatic rings. The average molecular weight is 258 g/mol. The second-order valence-electron chi connectivity index (χ2n) is 3.77. The molecule has 0 saturated heterocycles. The molecule has 0 bridgehead atoms. The first kappa shape index (κ1) is 11.9. The van der Waals surface area contributed by atoms with Gasteiger partial charge in [-0.25, -0.2) is 13.4 Å². The first-order chi connectivity index (χ1) is 8.03. The Kier molecular flexibility index (Phi) is 3.34. The van der Waals surface area contributed by atoms with Crippen molar-refractivity contribution in [1.82, 2.24) is 14.9 Å². The molecule has 94 valence electrons. The van der Waals surface area contributed by atoms with Gasteiger partial charge < -0.3 is 9.73 Å². The van der Waals surface area contributed by atoms with Crippen LogP contribution in [0.2, 0.25) is 0 Å². The van der Waals surface area contributed by atoms with Crippen molar-refractivity contribution in [3.63, 3.8) is 0 Å². The third kappa shape index (κ3) is 3.75. The Hall–Kier alpha value is -1.54. The highest BCUT2D eigenvalue weighted by Gasteiger charge is 2.15. The van der Waals surface area contributed by atoms with Crippen LogP contribution in [-0.2, 0) is 16.6 Å². The molecule has 0 amide bonds. The zero-order chi connectivity index (χ0) is 12.3. The Balaban J connectivity index is 1.88. The monoisotopic (exact) mass is 258 g/mol. The summed E-state index contributed by atoms with van der Waals surface area (Å²) in [5.74, 6) is 1.13. The van der Waals surface area contributed by atoms with Crippen LogP contribution in [0.4, 0.5) is 0 Å². The Morgan fingerprint density at radius 2 is 2.47 bits per heavy atom. The highest BCUT2D eigenvalue weighted by molar-refractivity contribution is 7.89. The Bertz CT molecular complexity index is 494. The third-order valence-corrected chi connectivity index (χ3v) is 2.70. The molecule has 0 aromatic carbocycles. The number of sulfonamides is 1. The molecule has 0 radical (unpaired) electrons. The van der Waals surface area contributed by atoms with E-state index in [1.165, 1.54) is 0 Å². The fourth-order valence-electron chi connectivity index (χ4n) is 1.44. The van der Waals surface area contributed by atoms with E-state index >= 15 is 0 Å². The lowest BCUT2D eigenvalue weighted by atomic mass is 10.4. The van der Waals surface area contributed by atoms with E-state index < -0.39 is 10.0 Å². The Morgan fingerprint density at radius 3 is 3.00 bits per heavy atom. The van der Waals surface area contributed by atoms with Gasteiger partial charge >= 0.3 is 0 Å². The van der Waals surface area contributed by atoms with Gasteiger partial charge in [0, 0.05) is 0 Å². The van der Waals surface area contributed by atoms with Crippen LogP contribution >= 0.6 is 0 Å². The molecule has 0 spiro atoms. The molecule has 17 heavy (non-hydrogen) atoms. The molecule has 0 saturated carbocycles. The highest BCUT2D eigenvalue weighted by Crippen LogP contribution is 2.05. The zero-order valence-corrected chi connectivity index (χ0v) is 10.2. The van der Waals surface area contributed by atoms with E-state index in [-0.39, 0.29) is 5.96 Å². The topological polar surface area (TPSA) is 86.9 Å². The second kappa shape index (κ2) is 4.76. The van der Waals surface area contributed by atoms with Gasteiger partial charge in [0.25, 0.3) is 0 Å². The Labute approximate surface area is 99.6 Å². The molecule has 2 rings (SSSR count). The molecule has 8 heteroatoms. The first-order valence-electron chi connectivity index (χ1n) is 5.04. The van der Waals surface area contributed by atoms with Crippen molar-refractivity contribution in [2.75, 3.05) is 19.6 Å². The second-order valence-corrected chi connectivity index (χ2v) is 5.51. The van der Waals surface area contributed by atoms with Gasteiger partial charge in [0.2, 0.25) is 16.0 Å². The highest BCUT2D eigenvalue weighted by atomic mass is 32.2. The molecule has 7 nitrogen and oxygen atoms in total. The summed E-state index contributed by atoms with van der Waals surface area (Å²) in [6.45, 7) is 1.57.